The van der Waals surface area contributed by atoms with E-state index in [2.05, 4.69) is 5.32 Å². The van der Waals surface area contributed by atoms with E-state index in [1.54, 1.807) is 14.0 Å². The van der Waals surface area contributed by atoms with Crippen LogP contribution in [0.15, 0.2) is 54.6 Å². The van der Waals surface area contributed by atoms with Gasteiger partial charge in [-0.25, -0.2) is 0 Å². The summed E-state index contributed by atoms with van der Waals surface area (Å²) in [5.74, 6) is 1.33. The molecule has 1 amide bonds. The van der Waals surface area contributed by atoms with Gasteiger partial charge in [0.05, 0.1) is 0 Å². The molecule has 0 aliphatic carbocycles. The highest BCUT2D eigenvalue weighted by atomic mass is 16.5. The molecule has 2 rings (SSSR count). The van der Waals surface area contributed by atoms with Crippen LogP contribution < -0.4 is 10.1 Å². The largest absolute Gasteiger partial charge is 0.457 e. The summed E-state index contributed by atoms with van der Waals surface area (Å²) < 4.78 is 11.0. The Labute approximate surface area is 131 Å². The van der Waals surface area contributed by atoms with Gasteiger partial charge in [-0.05, 0) is 49.7 Å². The van der Waals surface area contributed by atoms with Crippen molar-refractivity contribution in [3.63, 3.8) is 0 Å². The average Bonchev–Trinajstić information content (AvgIpc) is 2.56. The van der Waals surface area contributed by atoms with Crippen LogP contribution in [0.2, 0.25) is 0 Å². The van der Waals surface area contributed by atoms with Gasteiger partial charge in [0.15, 0.2) is 0 Å². The number of anilines is 1. The van der Waals surface area contributed by atoms with Crippen molar-refractivity contribution in [3.05, 3.63) is 54.6 Å². The standard InChI is InChI=1S/C18H21NO3/c1-4-18(2,21-3)17(20)19-14-10-12-16(13-11-14)22-15-8-6-5-7-9-15/h5-13H,4H2,1-3H3,(H,19,20). The number of methoxy groups -OCH3 is 1. The molecule has 0 radical (unpaired) electrons. The predicted molar refractivity (Wildman–Crippen MR) is 87.3 cm³/mol. The number of amides is 1. The third-order valence-electron chi connectivity index (χ3n) is 3.70. The summed E-state index contributed by atoms with van der Waals surface area (Å²) in [7, 11) is 1.54. The number of carbonyl (C=O) groups excluding carboxylic acids is 1. The van der Waals surface area contributed by atoms with Crippen molar-refractivity contribution in [2.45, 2.75) is 25.9 Å². The lowest BCUT2D eigenvalue weighted by Crippen LogP contribution is -2.41. The Bertz CT molecular complexity index is 604. The third-order valence-corrected chi connectivity index (χ3v) is 3.70. The normalized spacial score (nSPS) is 13.2. The van der Waals surface area contributed by atoms with Gasteiger partial charge >= 0.3 is 0 Å². The highest BCUT2D eigenvalue weighted by Crippen LogP contribution is 2.23. The zero-order chi connectivity index (χ0) is 16.0. The van der Waals surface area contributed by atoms with Crippen LogP contribution in [0.25, 0.3) is 0 Å². The molecule has 0 spiro atoms. The van der Waals surface area contributed by atoms with Crippen molar-refractivity contribution < 1.29 is 14.3 Å². The smallest absolute Gasteiger partial charge is 0.256 e. The van der Waals surface area contributed by atoms with E-state index in [4.69, 9.17) is 9.47 Å². The molecule has 0 saturated heterocycles. The average molecular weight is 299 g/mol. The van der Waals surface area contributed by atoms with Crippen LogP contribution >= 0.6 is 0 Å². The first-order valence-corrected chi connectivity index (χ1v) is 7.27. The molecule has 0 aliphatic heterocycles. The molecule has 4 heteroatoms. The van der Waals surface area contributed by atoms with Gasteiger partial charge in [-0.15, -0.1) is 0 Å². The van der Waals surface area contributed by atoms with E-state index in [-0.39, 0.29) is 5.91 Å². The van der Waals surface area contributed by atoms with Gasteiger partial charge in [0, 0.05) is 12.8 Å². The van der Waals surface area contributed by atoms with Gasteiger partial charge in [0.25, 0.3) is 5.91 Å². The van der Waals surface area contributed by atoms with Crippen LogP contribution in [0, 0.1) is 0 Å². The second-order valence-electron chi connectivity index (χ2n) is 5.18. The molecule has 0 fully saturated rings. The van der Waals surface area contributed by atoms with E-state index in [9.17, 15) is 4.79 Å². The van der Waals surface area contributed by atoms with Crippen molar-refractivity contribution in [2.75, 3.05) is 12.4 Å². The quantitative estimate of drug-likeness (QED) is 0.868. The van der Waals surface area contributed by atoms with Crippen LogP contribution in [0.3, 0.4) is 0 Å². The van der Waals surface area contributed by atoms with E-state index < -0.39 is 5.60 Å². The van der Waals surface area contributed by atoms with Gasteiger partial charge < -0.3 is 14.8 Å². The first kappa shape index (κ1) is 16.0. The first-order valence-electron chi connectivity index (χ1n) is 7.27. The van der Waals surface area contributed by atoms with E-state index in [0.29, 0.717) is 17.9 Å². The maximum Gasteiger partial charge on any atom is 0.256 e. The molecule has 1 atom stereocenters. The molecule has 0 bridgehead atoms. The molecular formula is C18H21NO3. The molecule has 4 nitrogen and oxygen atoms in total. The maximum atomic E-state index is 12.2. The van der Waals surface area contributed by atoms with E-state index >= 15 is 0 Å². The SMILES string of the molecule is CCC(C)(OC)C(=O)Nc1ccc(Oc2ccccc2)cc1. The van der Waals surface area contributed by atoms with Gasteiger partial charge in [-0.3, -0.25) is 4.79 Å². The Balaban J connectivity index is 2.02. The summed E-state index contributed by atoms with van der Waals surface area (Å²) in [4.78, 5) is 12.2. The summed E-state index contributed by atoms with van der Waals surface area (Å²) >= 11 is 0. The fourth-order valence-electron chi connectivity index (χ4n) is 1.89. The number of hydrogen-bond acceptors (Lipinski definition) is 3. The number of hydrogen-bond donors (Lipinski definition) is 1. The van der Waals surface area contributed by atoms with Crippen LogP contribution in [0.4, 0.5) is 5.69 Å². The van der Waals surface area contributed by atoms with Gasteiger partial charge in [-0.2, -0.15) is 0 Å². The molecule has 2 aromatic carbocycles. The minimum atomic E-state index is -0.820. The lowest BCUT2D eigenvalue weighted by molar-refractivity contribution is -0.136. The zero-order valence-electron chi connectivity index (χ0n) is 13.1. The molecule has 116 valence electrons. The van der Waals surface area contributed by atoms with Crippen LogP contribution in [-0.4, -0.2) is 18.6 Å². The first-order chi connectivity index (χ1) is 10.6. The Hall–Kier alpha value is -2.33. The third kappa shape index (κ3) is 3.86. The minimum absolute atomic E-state index is 0.158. The molecule has 0 aliphatic rings. The fraction of sp³-hybridized carbons (Fsp3) is 0.278. The van der Waals surface area contributed by atoms with Gasteiger partial charge in [0.1, 0.15) is 17.1 Å². The van der Waals surface area contributed by atoms with Crippen molar-refractivity contribution in [2.24, 2.45) is 0 Å². The number of ether oxygens (including phenoxy) is 2. The monoisotopic (exact) mass is 299 g/mol. The molecule has 0 saturated carbocycles. The van der Waals surface area contributed by atoms with E-state index in [0.717, 1.165) is 5.75 Å². The Morgan fingerprint density at radius 2 is 1.64 bits per heavy atom. The second kappa shape index (κ2) is 7.09. The highest BCUT2D eigenvalue weighted by molar-refractivity contribution is 5.97. The minimum Gasteiger partial charge on any atom is -0.457 e. The van der Waals surface area contributed by atoms with Crippen LogP contribution in [-0.2, 0) is 9.53 Å². The highest BCUT2D eigenvalue weighted by Gasteiger charge is 2.30. The number of nitrogens with one attached hydrogen (secondary N) is 1. The Kier molecular flexibility index (Phi) is 5.17. The van der Waals surface area contributed by atoms with Crippen molar-refractivity contribution in [1.29, 1.82) is 0 Å². The number of carbonyl (C=O) groups is 1. The van der Waals surface area contributed by atoms with Gasteiger partial charge in [-0.1, -0.05) is 25.1 Å². The molecule has 22 heavy (non-hydrogen) atoms. The van der Waals surface area contributed by atoms with Gasteiger partial charge in [0.2, 0.25) is 0 Å². The van der Waals surface area contributed by atoms with Crippen molar-refractivity contribution in [1.82, 2.24) is 0 Å². The predicted octanol–water partition coefficient (Wildman–Crippen LogP) is 4.23. The molecule has 2 aromatic rings. The maximum absolute atomic E-state index is 12.2. The second-order valence-corrected chi connectivity index (χ2v) is 5.18. The Morgan fingerprint density at radius 1 is 1.05 bits per heavy atom. The summed E-state index contributed by atoms with van der Waals surface area (Å²) in [5, 5.41) is 2.86. The number of benzene rings is 2. The van der Waals surface area contributed by atoms with E-state index in [1.165, 1.54) is 0 Å². The summed E-state index contributed by atoms with van der Waals surface area (Å²) in [6.07, 6.45) is 0.602. The fourth-order valence-corrected chi connectivity index (χ4v) is 1.89. The number of rotatable bonds is 6. The lowest BCUT2D eigenvalue weighted by Gasteiger charge is -2.25. The Morgan fingerprint density at radius 3 is 2.18 bits per heavy atom. The lowest BCUT2D eigenvalue weighted by atomic mass is 10.0. The van der Waals surface area contributed by atoms with Crippen LogP contribution in [0.5, 0.6) is 11.5 Å². The molecule has 1 unspecified atom stereocenters. The summed E-state index contributed by atoms with van der Waals surface area (Å²) in [5.41, 5.74) is -0.110. The zero-order valence-corrected chi connectivity index (χ0v) is 13.1. The molecule has 1 N–H and O–H groups in total. The van der Waals surface area contributed by atoms with Crippen molar-refractivity contribution in [3.8, 4) is 11.5 Å². The number of para-hydroxylation sites is 1. The van der Waals surface area contributed by atoms with E-state index in [1.807, 2.05) is 61.5 Å². The molecule has 0 heterocycles. The van der Waals surface area contributed by atoms with Crippen LogP contribution in [0.1, 0.15) is 20.3 Å². The molecule has 0 aromatic heterocycles. The summed E-state index contributed by atoms with van der Waals surface area (Å²) in [6, 6.07) is 16.8. The van der Waals surface area contributed by atoms with Crippen molar-refractivity contribution >= 4 is 11.6 Å². The molecular weight excluding hydrogens is 278 g/mol. The summed E-state index contributed by atoms with van der Waals surface area (Å²) in [6.45, 7) is 3.69. The topological polar surface area (TPSA) is 47.6 Å².